The molecule has 0 saturated carbocycles. The van der Waals surface area contributed by atoms with Gasteiger partial charge in [0.1, 0.15) is 38.1 Å². The number of hydrogen-bond donors (Lipinski definition) is 0. The van der Waals surface area contributed by atoms with Crippen LogP contribution < -0.4 is 0 Å². The number of hydrogen-bond acceptors (Lipinski definition) is 31. The van der Waals surface area contributed by atoms with Gasteiger partial charge in [-0.1, -0.05) is 0 Å². The first kappa shape index (κ1) is 61.9. The summed E-state index contributed by atoms with van der Waals surface area (Å²) < 4.78 is 116. The van der Waals surface area contributed by atoms with E-state index in [4.69, 9.17) is 84.6 Å². The molecule has 3 aliphatic heterocycles. The Labute approximate surface area is 420 Å². The van der Waals surface area contributed by atoms with Crippen LogP contribution in [0.5, 0.6) is 0 Å². The first-order valence-corrected chi connectivity index (χ1v) is 23.4. The Bertz CT molecular complexity index is 1930. The van der Waals surface area contributed by atoms with E-state index in [0.29, 0.717) is 0 Å². The lowest BCUT2D eigenvalue weighted by Crippen LogP contribution is -2.64. The topological polar surface area (TPSA) is 388 Å². The highest BCUT2D eigenvalue weighted by atomic mass is 31.2. The van der Waals surface area contributed by atoms with Gasteiger partial charge in [0.25, 0.3) is 0 Å². The summed E-state index contributed by atoms with van der Waals surface area (Å²) in [5.74, 6) is -13.1. The molecule has 3 heterocycles. The molecule has 15 atom stereocenters. The van der Waals surface area contributed by atoms with E-state index in [2.05, 4.69) is 0 Å². The van der Waals surface area contributed by atoms with Crippen molar-refractivity contribution in [1.82, 2.24) is 0 Å². The van der Waals surface area contributed by atoms with E-state index in [0.717, 1.165) is 83.1 Å². The van der Waals surface area contributed by atoms with Gasteiger partial charge in [-0.2, -0.15) is 0 Å². The smallest absolute Gasteiger partial charge is 0.463 e. The number of carbonyl (C=O) groups is 12. The SMILES string of the molecule is CC(=O)OC[C@H]1O[C@H](OP(=O)(O[C@H]2O[C@H](COC(C)=O)[C@H](OC(C)=O)[C@H](OC(C)=O)[C@@H]2OC(C)=O)O[C@H]2O[C@H](COC(C)=O)[C@H](OC(C)=O)[C@H](OC(C)=O)[C@@H]2OC(C)=O)[C@@H](OC(C)=O)[C@@H](OC(C)=O)[C@H]1OC(C)=O. The van der Waals surface area contributed by atoms with E-state index in [9.17, 15) is 57.5 Å². The monoisotopic (exact) mass is 1090 g/mol. The Morgan fingerprint density at radius 2 is 0.459 bits per heavy atom. The molecule has 0 aromatic rings. The van der Waals surface area contributed by atoms with Crippen LogP contribution in [0.15, 0.2) is 0 Å². The molecule has 416 valence electrons. The molecule has 0 aliphatic carbocycles. The highest BCUT2D eigenvalue weighted by Gasteiger charge is 2.61. The summed E-state index contributed by atoms with van der Waals surface area (Å²) in [6, 6.07) is 0. The highest BCUT2D eigenvalue weighted by molar-refractivity contribution is 7.48. The van der Waals surface area contributed by atoms with Crippen LogP contribution in [-0.2, 0) is 147 Å². The first-order chi connectivity index (χ1) is 34.4. The second-order valence-electron chi connectivity index (χ2n) is 16.0. The van der Waals surface area contributed by atoms with Gasteiger partial charge in [0.2, 0.25) is 18.9 Å². The Morgan fingerprint density at radius 1 is 0.284 bits per heavy atom. The number of carbonyl (C=O) groups excluding carboxylic acids is 12. The normalized spacial score (nSPS) is 29.5. The molecule has 3 aliphatic rings. The quantitative estimate of drug-likeness (QED) is 0.0786. The van der Waals surface area contributed by atoms with E-state index in [1.807, 2.05) is 0 Å². The third-order valence-electron chi connectivity index (χ3n) is 9.54. The molecule has 0 radical (unpaired) electrons. The predicted molar refractivity (Wildman–Crippen MR) is 227 cm³/mol. The standard InChI is InChI=1S/C42H57O31P/c1-16(43)56-13-28-31(59-19(4)46)34(62-22(7)49)37(65-25(10)52)40(68-28)71-74(55,72-41-38(66-26(11)53)35(63-23(8)50)32(60-20(5)47)29(69-41)14-57-17(2)44)73-42-39(67-27(12)54)36(64-24(9)51)33(61-21(6)48)30(70-42)15-58-18(3)45/h28-42H,13-15H2,1-12H3/t28-,29-,30-,31+,32+,33+,34+,35+,36+,37+,38+,39+,40-,41-,42-/m1/s1. The third-order valence-corrected chi connectivity index (χ3v) is 10.9. The third kappa shape index (κ3) is 19.2. The van der Waals surface area contributed by atoms with Crippen LogP contribution in [0.3, 0.4) is 0 Å². The fourth-order valence-corrected chi connectivity index (χ4v) is 8.70. The van der Waals surface area contributed by atoms with Crippen LogP contribution in [-0.4, -0.2) is 184 Å². The molecule has 0 N–H and O–H groups in total. The summed E-state index contributed by atoms with van der Waals surface area (Å²) in [4.78, 5) is 150. The lowest BCUT2D eigenvalue weighted by Gasteiger charge is -2.47. The molecule has 3 saturated heterocycles. The molecule has 0 unspecified atom stereocenters. The molecule has 32 heteroatoms. The van der Waals surface area contributed by atoms with E-state index in [1.165, 1.54) is 0 Å². The minimum atomic E-state index is -6.20. The lowest BCUT2D eigenvalue weighted by atomic mass is 9.98. The molecule has 31 nitrogen and oxygen atoms in total. The lowest BCUT2D eigenvalue weighted by molar-refractivity contribution is -0.317. The first-order valence-electron chi connectivity index (χ1n) is 22.0. The summed E-state index contributed by atoms with van der Waals surface area (Å²) >= 11 is 0. The molecule has 74 heavy (non-hydrogen) atoms. The van der Waals surface area contributed by atoms with E-state index in [1.54, 1.807) is 0 Å². The maximum Gasteiger partial charge on any atom is 0.482 e. The summed E-state index contributed by atoms with van der Waals surface area (Å²) in [6.07, 6.45) is -31.4. The summed E-state index contributed by atoms with van der Waals surface area (Å²) in [7, 11) is -6.20. The largest absolute Gasteiger partial charge is 0.482 e. The van der Waals surface area contributed by atoms with Crippen LogP contribution in [0.4, 0.5) is 0 Å². The van der Waals surface area contributed by atoms with Crippen molar-refractivity contribution < 1.29 is 147 Å². The summed E-state index contributed by atoms with van der Waals surface area (Å²) in [5.41, 5.74) is 0. The molecule has 3 fully saturated rings. The number of rotatable bonds is 21. The highest BCUT2D eigenvalue weighted by Crippen LogP contribution is 2.57. The zero-order valence-electron chi connectivity index (χ0n) is 41.9. The average molecular weight is 1090 g/mol. The second-order valence-corrected chi connectivity index (χ2v) is 17.5. The van der Waals surface area contributed by atoms with Gasteiger partial charge in [-0.05, 0) is 0 Å². The molecule has 0 aromatic heterocycles. The Hall–Kier alpha value is -6.37. The summed E-state index contributed by atoms with van der Waals surface area (Å²) in [5, 5.41) is 0. The van der Waals surface area contributed by atoms with Crippen LogP contribution in [0.25, 0.3) is 0 Å². The number of ether oxygens (including phenoxy) is 15. The van der Waals surface area contributed by atoms with E-state index < -0.39 is 191 Å². The van der Waals surface area contributed by atoms with Crippen molar-refractivity contribution in [2.45, 2.75) is 175 Å². The fraction of sp³-hybridized carbons (Fsp3) is 0.714. The Balaban J connectivity index is 2.50. The van der Waals surface area contributed by atoms with Crippen molar-refractivity contribution in [3.8, 4) is 0 Å². The number of esters is 12. The van der Waals surface area contributed by atoms with Crippen molar-refractivity contribution in [2.24, 2.45) is 0 Å². The Kier molecular flexibility index (Phi) is 23.3. The zero-order chi connectivity index (χ0) is 55.9. The molecular weight excluding hydrogens is 1030 g/mol. The second kappa shape index (κ2) is 27.8. The number of phosphoric acid groups is 1. The van der Waals surface area contributed by atoms with Crippen molar-refractivity contribution in [2.75, 3.05) is 19.8 Å². The molecule has 0 amide bonds. The minimum Gasteiger partial charge on any atom is -0.463 e. The summed E-state index contributed by atoms with van der Waals surface area (Å²) in [6.45, 7) is 8.04. The van der Waals surface area contributed by atoms with Gasteiger partial charge in [0.15, 0.2) is 54.9 Å². The molecule has 0 aromatic carbocycles. The van der Waals surface area contributed by atoms with E-state index >= 15 is 4.57 Å². The van der Waals surface area contributed by atoms with Crippen molar-refractivity contribution in [3.63, 3.8) is 0 Å². The molecule has 3 rings (SSSR count). The van der Waals surface area contributed by atoms with Crippen LogP contribution in [0.2, 0.25) is 0 Å². The number of phosphoric ester groups is 1. The molecular formula is C42H57O31P. The predicted octanol–water partition coefficient (Wildman–Crippen LogP) is -0.606. The minimum absolute atomic E-state index is 0.829. The van der Waals surface area contributed by atoms with Crippen molar-refractivity contribution in [3.05, 3.63) is 0 Å². The maximum absolute atomic E-state index is 16.0. The van der Waals surface area contributed by atoms with Gasteiger partial charge in [0.05, 0.1) is 0 Å². The van der Waals surface area contributed by atoms with Gasteiger partial charge < -0.3 is 71.1 Å². The maximum atomic E-state index is 16.0. The van der Waals surface area contributed by atoms with Gasteiger partial charge in [0, 0.05) is 83.1 Å². The average Bonchev–Trinajstić information content (AvgIpc) is 3.23. The van der Waals surface area contributed by atoms with Crippen molar-refractivity contribution in [1.29, 1.82) is 0 Å². The van der Waals surface area contributed by atoms with Gasteiger partial charge in [-0.15, -0.1) is 0 Å². The van der Waals surface area contributed by atoms with E-state index in [-0.39, 0.29) is 0 Å². The fourth-order valence-electron chi connectivity index (χ4n) is 7.28. The van der Waals surface area contributed by atoms with Gasteiger partial charge in [-0.3, -0.25) is 71.1 Å². The van der Waals surface area contributed by atoms with Crippen molar-refractivity contribution >= 4 is 79.5 Å². The van der Waals surface area contributed by atoms with Gasteiger partial charge >= 0.3 is 79.5 Å². The molecule has 0 spiro atoms. The Morgan fingerprint density at radius 3 is 0.635 bits per heavy atom. The van der Waals surface area contributed by atoms with Crippen LogP contribution >= 0.6 is 7.82 Å². The van der Waals surface area contributed by atoms with Gasteiger partial charge in [-0.25, -0.2) is 4.57 Å². The van der Waals surface area contributed by atoms with Crippen LogP contribution in [0.1, 0.15) is 83.1 Å². The van der Waals surface area contributed by atoms with Crippen LogP contribution in [0, 0.1) is 0 Å². The zero-order valence-corrected chi connectivity index (χ0v) is 42.8. The molecule has 0 bridgehead atoms.